The highest BCUT2D eigenvalue weighted by molar-refractivity contribution is 5.80. The topological polar surface area (TPSA) is 73.4 Å². The zero-order valence-electron chi connectivity index (χ0n) is 10.8. The lowest BCUT2D eigenvalue weighted by Gasteiger charge is -2.11. The van der Waals surface area contributed by atoms with Crippen LogP contribution in [-0.4, -0.2) is 30.3 Å². The zero-order valence-corrected chi connectivity index (χ0v) is 10.8. The number of aromatic nitrogens is 2. The number of hydrogen-bond acceptors (Lipinski definition) is 5. The van der Waals surface area contributed by atoms with E-state index in [4.69, 9.17) is 0 Å². The molecule has 6 heteroatoms. The smallest absolute Gasteiger partial charge is 0.346 e. The van der Waals surface area contributed by atoms with Gasteiger partial charge in [0, 0.05) is 26.0 Å². The summed E-state index contributed by atoms with van der Waals surface area (Å²) in [4.78, 5) is 19.0. The van der Waals surface area contributed by atoms with Crippen molar-refractivity contribution < 1.29 is 0 Å². The number of H-pyrrole nitrogens is 1. The molecule has 2 aromatic rings. The maximum Gasteiger partial charge on any atom is 0.346 e. The number of nitrogens with zero attached hydrogens (tertiary/aromatic N) is 3. The van der Waals surface area contributed by atoms with Gasteiger partial charge in [-0.3, -0.25) is 10.4 Å². The summed E-state index contributed by atoms with van der Waals surface area (Å²) in [5.41, 5.74) is 4.42. The number of hydrogen-bond donors (Lipinski definition) is 2. The lowest BCUT2D eigenvalue weighted by atomic mass is 10.2. The van der Waals surface area contributed by atoms with Crippen LogP contribution in [0.5, 0.6) is 0 Å². The molecule has 0 radical (unpaired) electrons. The van der Waals surface area contributed by atoms with E-state index in [9.17, 15) is 4.79 Å². The van der Waals surface area contributed by atoms with Crippen LogP contribution in [0, 0.1) is 0 Å². The molecule has 0 amide bonds. The van der Waals surface area contributed by atoms with Crippen LogP contribution in [0.3, 0.4) is 0 Å². The highest BCUT2D eigenvalue weighted by Crippen LogP contribution is 2.10. The monoisotopic (exact) mass is 257 g/mol. The Labute approximate surface area is 110 Å². The van der Waals surface area contributed by atoms with Crippen LogP contribution in [0.15, 0.2) is 46.4 Å². The van der Waals surface area contributed by atoms with E-state index in [0.717, 1.165) is 11.3 Å². The van der Waals surface area contributed by atoms with Gasteiger partial charge in [-0.05, 0) is 23.8 Å². The average molecular weight is 257 g/mol. The minimum Gasteiger partial charge on any atom is -0.378 e. The Morgan fingerprint density at radius 1 is 1.26 bits per heavy atom. The molecule has 0 aliphatic rings. The maximum atomic E-state index is 11.0. The first-order valence-corrected chi connectivity index (χ1v) is 5.77. The van der Waals surface area contributed by atoms with Crippen molar-refractivity contribution in [2.45, 2.75) is 0 Å². The van der Waals surface area contributed by atoms with E-state index in [2.05, 4.69) is 20.5 Å². The standard InChI is InChI=1S/C13H15N5O/c1-18(2)11-5-3-10(4-6-11)9-15-17-12-7-8-14-13(19)16-12/h3-9H,1-2H3,(H2,14,16,17,19). The molecule has 2 rings (SSSR count). The zero-order chi connectivity index (χ0) is 13.7. The molecule has 1 aromatic carbocycles. The summed E-state index contributed by atoms with van der Waals surface area (Å²) in [5.74, 6) is 0.501. The number of nitrogens with one attached hydrogen (secondary N) is 2. The summed E-state index contributed by atoms with van der Waals surface area (Å²) in [7, 11) is 3.98. The number of rotatable bonds is 4. The van der Waals surface area contributed by atoms with Gasteiger partial charge in [0.15, 0.2) is 0 Å². The number of benzene rings is 1. The summed E-state index contributed by atoms with van der Waals surface area (Å²) in [6.07, 6.45) is 3.10. The first-order valence-electron chi connectivity index (χ1n) is 5.77. The van der Waals surface area contributed by atoms with Crippen molar-refractivity contribution in [2.75, 3.05) is 24.4 Å². The Morgan fingerprint density at radius 3 is 2.63 bits per heavy atom. The lowest BCUT2D eigenvalue weighted by molar-refractivity contribution is 1.06. The first-order chi connectivity index (χ1) is 9.15. The van der Waals surface area contributed by atoms with Crippen LogP contribution in [0.2, 0.25) is 0 Å². The quantitative estimate of drug-likeness (QED) is 0.639. The van der Waals surface area contributed by atoms with Crippen molar-refractivity contribution in [3.05, 3.63) is 52.6 Å². The van der Waals surface area contributed by atoms with Crippen LogP contribution in [0.25, 0.3) is 0 Å². The second-order valence-corrected chi connectivity index (χ2v) is 4.14. The summed E-state index contributed by atoms with van der Waals surface area (Å²) < 4.78 is 0. The van der Waals surface area contributed by atoms with Gasteiger partial charge in [0.1, 0.15) is 5.82 Å². The minimum atomic E-state index is -0.407. The molecule has 1 heterocycles. The van der Waals surface area contributed by atoms with Crippen LogP contribution in [0.1, 0.15) is 5.56 Å². The second kappa shape index (κ2) is 5.81. The highest BCUT2D eigenvalue weighted by atomic mass is 16.1. The fraction of sp³-hybridized carbons (Fsp3) is 0.154. The second-order valence-electron chi connectivity index (χ2n) is 4.14. The fourth-order valence-electron chi connectivity index (χ4n) is 1.47. The molecule has 6 nitrogen and oxygen atoms in total. The SMILES string of the molecule is CN(C)c1ccc(C=NNc2ccnc(=O)[nH]2)cc1. The van der Waals surface area contributed by atoms with Crippen LogP contribution < -0.4 is 16.0 Å². The van der Waals surface area contributed by atoms with Crippen molar-refractivity contribution in [1.82, 2.24) is 9.97 Å². The molecule has 19 heavy (non-hydrogen) atoms. The lowest BCUT2D eigenvalue weighted by Crippen LogP contribution is -2.10. The third kappa shape index (κ3) is 3.67. The van der Waals surface area contributed by atoms with Crippen LogP contribution >= 0.6 is 0 Å². The maximum absolute atomic E-state index is 11.0. The average Bonchev–Trinajstić information content (AvgIpc) is 2.39. The van der Waals surface area contributed by atoms with Gasteiger partial charge < -0.3 is 4.90 Å². The highest BCUT2D eigenvalue weighted by Gasteiger charge is 1.94. The van der Waals surface area contributed by atoms with E-state index in [-0.39, 0.29) is 0 Å². The largest absolute Gasteiger partial charge is 0.378 e. The molecule has 1 aromatic heterocycles. The Kier molecular flexibility index (Phi) is 3.92. The van der Waals surface area contributed by atoms with Gasteiger partial charge in [-0.2, -0.15) is 5.10 Å². The van der Waals surface area contributed by atoms with Crippen LogP contribution in [-0.2, 0) is 0 Å². The number of anilines is 2. The number of aromatic amines is 1. The van der Waals surface area contributed by atoms with E-state index in [1.54, 1.807) is 12.3 Å². The van der Waals surface area contributed by atoms with Crippen molar-refractivity contribution in [2.24, 2.45) is 5.10 Å². The van der Waals surface area contributed by atoms with Gasteiger partial charge in [0.25, 0.3) is 0 Å². The molecule has 0 bridgehead atoms. The first kappa shape index (κ1) is 12.8. The molecule has 0 saturated heterocycles. The summed E-state index contributed by atoms with van der Waals surface area (Å²) in [6, 6.07) is 9.59. The van der Waals surface area contributed by atoms with Gasteiger partial charge in [-0.15, -0.1) is 0 Å². The van der Waals surface area contributed by atoms with E-state index in [1.165, 1.54) is 6.20 Å². The molecule has 0 fully saturated rings. The van der Waals surface area contributed by atoms with Gasteiger partial charge in [-0.25, -0.2) is 9.78 Å². The van der Waals surface area contributed by atoms with Crippen molar-refractivity contribution in [1.29, 1.82) is 0 Å². The predicted octanol–water partition coefficient (Wildman–Crippen LogP) is 1.28. The van der Waals surface area contributed by atoms with Gasteiger partial charge >= 0.3 is 5.69 Å². The van der Waals surface area contributed by atoms with E-state index < -0.39 is 5.69 Å². The van der Waals surface area contributed by atoms with Crippen molar-refractivity contribution in [3.8, 4) is 0 Å². The van der Waals surface area contributed by atoms with E-state index in [0.29, 0.717) is 5.82 Å². The van der Waals surface area contributed by atoms with Crippen molar-refractivity contribution >= 4 is 17.7 Å². The fourth-order valence-corrected chi connectivity index (χ4v) is 1.47. The molecule has 0 atom stereocenters. The van der Waals surface area contributed by atoms with Crippen LogP contribution in [0.4, 0.5) is 11.5 Å². The van der Waals surface area contributed by atoms with Crippen molar-refractivity contribution in [3.63, 3.8) is 0 Å². The molecular formula is C13H15N5O. The molecular weight excluding hydrogens is 242 g/mol. The van der Waals surface area contributed by atoms with Gasteiger partial charge in [0.2, 0.25) is 0 Å². The molecule has 0 spiro atoms. The summed E-state index contributed by atoms with van der Waals surface area (Å²) in [6.45, 7) is 0. The molecule has 0 unspecified atom stereocenters. The Balaban J connectivity index is 2.01. The summed E-state index contributed by atoms with van der Waals surface area (Å²) >= 11 is 0. The molecule has 0 aliphatic heterocycles. The molecule has 98 valence electrons. The van der Waals surface area contributed by atoms with E-state index in [1.807, 2.05) is 43.3 Å². The molecule has 0 saturated carbocycles. The van der Waals surface area contributed by atoms with Gasteiger partial charge in [-0.1, -0.05) is 12.1 Å². The molecule has 2 N–H and O–H groups in total. The minimum absolute atomic E-state index is 0.407. The Bertz CT molecular complexity index is 615. The third-order valence-corrected chi connectivity index (χ3v) is 2.48. The molecule has 0 aliphatic carbocycles. The predicted molar refractivity (Wildman–Crippen MR) is 76.8 cm³/mol. The third-order valence-electron chi connectivity index (χ3n) is 2.48. The van der Waals surface area contributed by atoms with E-state index >= 15 is 0 Å². The normalized spacial score (nSPS) is 10.6. The van der Waals surface area contributed by atoms with Gasteiger partial charge in [0.05, 0.1) is 6.21 Å². The Hall–Kier alpha value is -2.63. The Morgan fingerprint density at radius 2 is 2.00 bits per heavy atom. The number of hydrazone groups is 1. The summed E-state index contributed by atoms with van der Waals surface area (Å²) in [5, 5.41) is 4.04.